The van der Waals surface area contributed by atoms with Gasteiger partial charge in [0.2, 0.25) is 0 Å². The number of hydrogen-bond donors (Lipinski definition) is 1. The summed E-state index contributed by atoms with van der Waals surface area (Å²) < 4.78 is -0.513. The van der Waals surface area contributed by atoms with E-state index in [2.05, 4.69) is 0 Å². The van der Waals surface area contributed by atoms with Crippen molar-refractivity contribution in [3.63, 3.8) is 0 Å². The number of ketones is 1. The fourth-order valence-electron chi connectivity index (χ4n) is 2.47. The number of aliphatic hydroxyl groups excluding tert-OH is 1. The number of halogens is 1. The van der Waals surface area contributed by atoms with Crippen molar-refractivity contribution in [2.75, 3.05) is 0 Å². The third-order valence-electron chi connectivity index (χ3n) is 3.70. The van der Waals surface area contributed by atoms with E-state index in [0.29, 0.717) is 5.56 Å². The summed E-state index contributed by atoms with van der Waals surface area (Å²) in [5, 5.41) is 12.7. The maximum atomic E-state index is 12.5. The van der Waals surface area contributed by atoms with Gasteiger partial charge in [-0.2, -0.15) is 0 Å². The average Bonchev–Trinajstić information content (AvgIpc) is 2.60. The molecule has 0 spiro atoms. The van der Waals surface area contributed by atoms with Crippen molar-refractivity contribution in [3.05, 3.63) is 83.9 Å². The minimum Gasteiger partial charge on any atom is -0.387 e. The van der Waals surface area contributed by atoms with Crippen molar-refractivity contribution in [1.82, 2.24) is 0 Å². The second kappa shape index (κ2) is 6.58. The van der Waals surface area contributed by atoms with Crippen LogP contribution in [0.3, 0.4) is 0 Å². The standard InChI is InChI=1S/C19H15IO2/c20-17(18(21)14-7-2-1-3-8-14)19(22)16-11-10-13-6-4-5-9-15(13)12-16/h1-12,17,19,22H/t17-,19+/m1/s1. The minimum absolute atomic E-state index is 0.0538. The Balaban J connectivity index is 1.88. The first kappa shape index (κ1) is 15.2. The zero-order chi connectivity index (χ0) is 15.5. The van der Waals surface area contributed by atoms with E-state index in [1.165, 1.54) is 0 Å². The number of carbonyl (C=O) groups excluding carboxylic acids is 1. The molecule has 0 saturated carbocycles. The number of hydrogen-bond acceptors (Lipinski definition) is 2. The van der Waals surface area contributed by atoms with Gasteiger partial charge in [0.1, 0.15) is 3.92 Å². The number of benzene rings is 3. The van der Waals surface area contributed by atoms with Crippen LogP contribution in [0.4, 0.5) is 0 Å². The number of alkyl halides is 1. The molecule has 0 aromatic heterocycles. The zero-order valence-corrected chi connectivity index (χ0v) is 14.0. The van der Waals surface area contributed by atoms with Gasteiger partial charge in [0, 0.05) is 5.56 Å². The molecule has 2 nitrogen and oxygen atoms in total. The molecule has 3 aromatic rings. The smallest absolute Gasteiger partial charge is 0.178 e. The van der Waals surface area contributed by atoms with Crippen LogP contribution in [-0.4, -0.2) is 14.8 Å². The van der Waals surface area contributed by atoms with E-state index in [1.54, 1.807) is 12.1 Å². The molecule has 0 aliphatic heterocycles. The summed E-state index contributed by atoms with van der Waals surface area (Å²) in [7, 11) is 0. The van der Waals surface area contributed by atoms with Crippen molar-refractivity contribution >= 4 is 39.1 Å². The fraction of sp³-hybridized carbons (Fsp3) is 0.105. The highest BCUT2D eigenvalue weighted by Crippen LogP contribution is 2.28. The first-order valence-electron chi connectivity index (χ1n) is 7.07. The summed E-state index contributed by atoms with van der Waals surface area (Å²) in [6, 6.07) is 22.9. The molecular weight excluding hydrogens is 387 g/mol. The lowest BCUT2D eigenvalue weighted by atomic mass is 9.98. The van der Waals surface area contributed by atoms with E-state index in [-0.39, 0.29) is 5.78 Å². The summed E-state index contributed by atoms with van der Waals surface area (Å²) in [5.41, 5.74) is 1.39. The van der Waals surface area contributed by atoms with Gasteiger partial charge in [-0.15, -0.1) is 0 Å². The van der Waals surface area contributed by atoms with Crippen LogP contribution in [0, 0.1) is 0 Å². The van der Waals surface area contributed by atoms with E-state index < -0.39 is 10.0 Å². The van der Waals surface area contributed by atoms with Crippen molar-refractivity contribution in [2.45, 2.75) is 10.0 Å². The van der Waals surface area contributed by atoms with Gasteiger partial charge in [-0.25, -0.2) is 0 Å². The number of Topliss-reactive ketones (excluding diaryl/α,β-unsaturated/α-hetero) is 1. The van der Waals surface area contributed by atoms with E-state index in [9.17, 15) is 9.90 Å². The Kier molecular flexibility index (Phi) is 4.55. The van der Waals surface area contributed by atoms with Crippen LogP contribution in [0.15, 0.2) is 72.8 Å². The van der Waals surface area contributed by atoms with Gasteiger partial charge in [-0.1, -0.05) is 89.3 Å². The maximum absolute atomic E-state index is 12.5. The Morgan fingerprint density at radius 2 is 1.50 bits per heavy atom. The second-order valence-electron chi connectivity index (χ2n) is 5.18. The van der Waals surface area contributed by atoms with Crippen LogP contribution in [0.5, 0.6) is 0 Å². The molecule has 0 saturated heterocycles. The number of rotatable bonds is 4. The quantitative estimate of drug-likeness (QED) is 0.395. The third kappa shape index (κ3) is 3.05. The molecule has 0 amide bonds. The molecule has 3 heteroatoms. The monoisotopic (exact) mass is 402 g/mol. The van der Waals surface area contributed by atoms with Crippen LogP contribution in [0.25, 0.3) is 10.8 Å². The first-order chi connectivity index (χ1) is 10.7. The van der Waals surface area contributed by atoms with E-state index in [4.69, 9.17) is 0 Å². The number of aliphatic hydroxyl groups is 1. The lowest BCUT2D eigenvalue weighted by molar-refractivity contribution is 0.0910. The van der Waals surface area contributed by atoms with Gasteiger partial charge in [0.05, 0.1) is 6.10 Å². The summed E-state index contributed by atoms with van der Waals surface area (Å²) in [5.74, 6) is -0.0538. The predicted molar refractivity (Wildman–Crippen MR) is 97.5 cm³/mol. The Hall–Kier alpha value is -1.72. The van der Waals surface area contributed by atoms with Gasteiger partial charge >= 0.3 is 0 Å². The predicted octanol–water partition coefficient (Wildman–Crippen LogP) is 4.56. The molecule has 0 radical (unpaired) electrons. The summed E-state index contributed by atoms with van der Waals surface area (Å²) in [6.45, 7) is 0. The molecule has 0 bridgehead atoms. The highest BCUT2D eigenvalue weighted by molar-refractivity contribution is 14.1. The molecule has 1 N–H and O–H groups in total. The molecule has 0 heterocycles. The van der Waals surface area contributed by atoms with Crippen molar-refractivity contribution < 1.29 is 9.90 Å². The molecule has 0 aliphatic carbocycles. The van der Waals surface area contributed by atoms with Crippen LogP contribution < -0.4 is 0 Å². The summed E-state index contributed by atoms with van der Waals surface area (Å²) >= 11 is 2.02. The second-order valence-corrected chi connectivity index (χ2v) is 6.53. The fourth-order valence-corrected chi connectivity index (χ4v) is 3.24. The average molecular weight is 402 g/mol. The van der Waals surface area contributed by atoms with E-state index >= 15 is 0 Å². The molecule has 0 fully saturated rings. The Labute approximate surface area is 142 Å². The molecule has 3 rings (SSSR count). The molecular formula is C19H15IO2. The van der Waals surface area contributed by atoms with Gasteiger partial charge in [-0.3, -0.25) is 4.79 Å². The van der Waals surface area contributed by atoms with Crippen molar-refractivity contribution in [3.8, 4) is 0 Å². The van der Waals surface area contributed by atoms with E-state index in [0.717, 1.165) is 16.3 Å². The van der Waals surface area contributed by atoms with Crippen molar-refractivity contribution in [1.29, 1.82) is 0 Å². The third-order valence-corrected chi connectivity index (χ3v) is 4.95. The van der Waals surface area contributed by atoms with Gasteiger partial charge in [-0.05, 0) is 22.4 Å². The number of carbonyl (C=O) groups is 1. The van der Waals surface area contributed by atoms with E-state index in [1.807, 2.05) is 83.3 Å². The maximum Gasteiger partial charge on any atom is 0.178 e. The van der Waals surface area contributed by atoms with Crippen LogP contribution in [0.1, 0.15) is 22.0 Å². The minimum atomic E-state index is -0.821. The summed E-state index contributed by atoms with van der Waals surface area (Å²) in [6.07, 6.45) is -0.821. The number of fused-ring (bicyclic) bond motifs is 1. The molecule has 22 heavy (non-hydrogen) atoms. The largest absolute Gasteiger partial charge is 0.387 e. The van der Waals surface area contributed by atoms with Crippen LogP contribution in [0.2, 0.25) is 0 Å². The molecule has 110 valence electrons. The van der Waals surface area contributed by atoms with Crippen LogP contribution in [-0.2, 0) is 0 Å². The lowest BCUT2D eigenvalue weighted by Gasteiger charge is -2.17. The molecule has 0 aliphatic rings. The highest BCUT2D eigenvalue weighted by atomic mass is 127. The Bertz CT molecular complexity index is 799. The Morgan fingerprint density at radius 3 is 2.23 bits per heavy atom. The highest BCUT2D eigenvalue weighted by Gasteiger charge is 2.26. The zero-order valence-electron chi connectivity index (χ0n) is 11.8. The first-order valence-corrected chi connectivity index (χ1v) is 8.31. The van der Waals surface area contributed by atoms with Gasteiger partial charge < -0.3 is 5.11 Å². The normalized spacial score (nSPS) is 13.7. The topological polar surface area (TPSA) is 37.3 Å². The molecule has 0 unspecified atom stereocenters. The SMILES string of the molecule is O=C(c1ccccc1)[C@@H](I)[C@@H](O)c1ccc2ccccc2c1. The van der Waals surface area contributed by atoms with Crippen LogP contribution >= 0.6 is 22.6 Å². The van der Waals surface area contributed by atoms with Crippen molar-refractivity contribution in [2.24, 2.45) is 0 Å². The summed E-state index contributed by atoms with van der Waals surface area (Å²) in [4.78, 5) is 12.5. The lowest BCUT2D eigenvalue weighted by Crippen LogP contribution is -2.22. The van der Waals surface area contributed by atoms with Gasteiger partial charge in [0.25, 0.3) is 0 Å². The molecule has 2 atom stereocenters. The Morgan fingerprint density at radius 1 is 0.864 bits per heavy atom. The molecule has 3 aromatic carbocycles. The van der Waals surface area contributed by atoms with Gasteiger partial charge in [0.15, 0.2) is 5.78 Å².